The van der Waals surface area contributed by atoms with Gasteiger partial charge in [-0.05, 0) is 76.9 Å². The molecular formula is C32H25FN2O5. The second kappa shape index (κ2) is 11.2. The molecule has 200 valence electrons. The van der Waals surface area contributed by atoms with Crippen LogP contribution in [0.4, 0.5) is 14.9 Å². The number of fused-ring (bicyclic) bond motifs is 1. The second-order valence-electron chi connectivity index (χ2n) is 9.11. The number of nitrogens with zero attached hydrogens (tertiary/aromatic N) is 1. The van der Waals surface area contributed by atoms with E-state index in [4.69, 9.17) is 9.47 Å². The number of carbonyl (C=O) groups is 3. The van der Waals surface area contributed by atoms with Crippen LogP contribution < -0.4 is 19.7 Å². The maximum absolute atomic E-state index is 13.4. The van der Waals surface area contributed by atoms with Crippen LogP contribution in [-0.4, -0.2) is 25.0 Å². The molecule has 0 saturated carbocycles. The van der Waals surface area contributed by atoms with Crippen molar-refractivity contribution in [2.75, 3.05) is 12.0 Å². The zero-order valence-electron chi connectivity index (χ0n) is 21.6. The van der Waals surface area contributed by atoms with Gasteiger partial charge in [0, 0.05) is 5.56 Å². The quantitative estimate of drug-likeness (QED) is 0.171. The molecule has 0 unspecified atom stereocenters. The molecule has 1 aliphatic rings. The van der Waals surface area contributed by atoms with Gasteiger partial charge in [0.15, 0.2) is 11.5 Å². The Bertz CT molecular complexity index is 1680. The Morgan fingerprint density at radius 2 is 1.70 bits per heavy atom. The first-order valence-electron chi connectivity index (χ1n) is 12.5. The van der Waals surface area contributed by atoms with E-state index in [0.29, 0.717) is 30.1 Å². The van der Waals surface area contributed by atoms with Gasteiger partial charge in [0.1, 0.15) is 18.0 Å². The molecule has 0 aliphatic carbocycles. The van der Waals surface area contributed by atoms with Crippen molar-refractivity contribution in [2.45, 2.75) is 13.0 Å². The van der Waals surface area contributed by atoms with Crippen molar-refractivity contribution in [3.8, 4) is 11.5 Å². The van der Waals surface area contributed by atoms with E-state index >= 15 is 0 Å². The fraction of sp³-hybridized carbons (Fsp3) is 0.0938. The minimum Gasteiger partial charge on any atom is -0.493 e. The molecule has 0 radical (unpaired) electrons. The molecule has 0 bridgehead atoms. The highest BCUT2D eigenvalue weighted by atomic mass is 19.1. The number of urea groups is 1. The monoisotopic (exact) mass is 536 g/mol. The van der Waals surface area contributed by atoms with Gasteiger partial charge < -0.3 is 9.47 Å². The van der Waals surface area contributed by atoms with Crippen molar-refractivity contribution in [3.05, 3.63) is 120 Å². The topological polar surface area (TPSA) is 84.9 Å². The number of amides is 4. The Labute approximate surface area is 230 Å². The predicted molar refractivity (Wildman–Crippen MR) is 151 cm³/mol. The van der Waals surface area contributed by atoms with E-state index in [1.165, 1.54) is 25.3 Å². The maximum Gasteiger partial charge on any atom is 0.335 e. The number of benzene rings is 4. The number of nitrogens with one attached hydrogen (secondary N) is 1. The van der Waals surface area contributed by atoms with E-state index in [9.17, 15) is 18.8 Å². The van der Waals surface area contributed by atoms with Gasteiger partial charge in [-0.2, -0.15) is 0 Å². The van der Waals surface area contributed by atoms with Crippen LogP contribution in [0.2, 0.25) is 0 Å². The Morgan fingerprint density at radius 1 is 0.950 bits per heavy atom. The lowest BCUT2D eigenvalue weighted by molar-refractivity contribution is -0.122. The molecular weight excluding hydrogens is 511 g/mol. The molecule has 0 aromatic heterocycles. The first-order valence-corrected chi connectivity index (χ1v) is 12.5. The molecule has 5 rings (SSSR count). The fourth-order valence-electron chi connectivity index (χ4n) is 4.52. The second-order valence-corrected chi connectivity index (χ2v) is 9.11. The first kappa shape index (κ1) is 26.4. The number of hydrogen-bond acceptors (Lipinski definition) is 5. The van der Waals surface area contributed by atoms with Gasteiger partial charge >= 0.3 is 6.03 Å². The van der Waals surface area contributed by atoms with Crippen LogP contribution >= 0.6 is 0 Å². The Kier molecular flexibility index (Phi) is 7.41. The summed E-state index contributed by atoms with van der Waals surface area (Å²) in [5, 5.41) is 4.41. The molecule has 1 heterocycles. The van der Waals surface area contributed by atoms with Crippen LogP contribution in [-0.2, 0) is 22.6 Å². The summed E-state index contributed by atoms with van der Waals surface area (Å²) in [4.78, 5) is 39.1. The molecule has 1 aliphatic heterocycles. The van der Waals surface area contributed by atoms with Crippen molar-refractivity contribution in [2.24, 2.45) is 0 Å². The van der Waals surface area contributed by atoms with Gasteiger partial charge in [0.05, 0.1) is 12.8 Å². The molecule has 1 fully saturated rings. The van der Waals surface area contributed by atoms with Crippen molar-refractivity contribution >= 4 is 40.4 Å². The smallest absolute Gasteiger partial charge is 0.335 e. The normalized spacial score (nSPS) is 14.4. The lowest BCUT2D eigenvalue weighted by Crippen LogP contribution is -2.54. The van der Waals surface area contributed by atoms with Crippen LogP contribution in [0.1, 0.15) is 16.7 Å². The van der Waals surface area contributed by atoms with E-state index in [1.54, 1.807) is 18.2 Å². The van der Waals surface area contributed by atoms with Crippen molar-refractivity contribution < 1.29 is 28.2 Å². The molecule has 8 heteroatoms. The number of barbiturate groups is 1. The van der Waals surface area contributed by atoms with Gasteiger partial charge in [-0.3, -0.25) is 14.9 Å². The average molecular weight is 537 g/mol. The summed E-state index contributed by atoms with van der Waals surface area (Å²) in [6, 6.07) is 21.5. The molecule has 4 aromatic carbocycles. The van der Waals surface area contributed by atoms with E-state index in [-0.39, 0.29) is 11.3 Å². The number of rotatable bonds is 8. The third kappa shape index (κ3) is 5.33. The van der Waals surface area contributed by atoms with Crippen molar-refractivity contribution in [1.29, 1.82) is 0 Å². The minimum atomic E-state index is -0.916. The third-order valence-electron chi connectivity index (χ3n) is 6.43. The standard InChI is InChI=1S/C32H25FN2O5/c1-3-6-24-16-21(17-27-30(36)34-32(38)35(31(27)37)26-13-11-25(33)12-14-26)18-28(39-2)29(24)40-19-20-9-10-22-7-4-5-8-23(22)15-20/h3-5,7-18H,1,6,19H2,2H3,(H,34,36,38)/b27-17+. The van der Waals surface area contributed by atoms with E-state index in [0.717, 1.165) is 38.9 Å². The summed E-state index contributed by atoms with van der Waals surface area (Å²) in [5.41, 5.74) is 2.06. The van der Waals surface area contributed by atoms with Crippen molar-refractivity contribution in [3.63, 3.8) is 0 Å². The zero-order valence-corrected chi connectivity index (χ0v) is 21.6. The third-order valence-corrected chi connectivity index (χ3v) is 6.43. The van der Waals surface area contributed by atoms with Gasteiger partial charge in [-0.1, -0.05) is 42.5 Å². The Morgan fingerprint density at radius 3 is 2.42 bits per heavy atom. The van der Waals surface area contributed by atoms with Gasteiger partial charge in [-0.25, -0.2) is 14.1 Å². The molecule has 4 amide bonds. The summed E-state index contributed by atoms with van der Waals surface area (Å²) in [6.45, 7) is 4.12. The SMILES string of the molecule is C=CCc1cc(/C=C2\C(=O)NC(=O)N(c3ccc(F)cc3)C2=O)cc(OC)c1OCc1ccc2ccccc2c1. The fourth-order valence-corrected chi connectivity index (χ4v) is 4.52. The van der Waals surface area contributed by atoms with Crippen LogP contribution in [0, 0.1) is 5.82 Å². The molecule has 0 spiro atoms. The highest BCUT2D eigenvalue weighted by molar-refractivity contribution is 6.39. The number of anilines is 1. The summed E-state index contributed by atoms with van der Waals surface area (Å²) in [7, 11) is 1.50. The largest absolute Gasteiger partial charge is 0.493 e. The van der Waals surface area contributed by atoms with Crippen LogP contribution in [0.15, 0.2) is 97.1 Å². The zero-order chi connectivity index (χ0) is 28.2. The molecule has 40 heavy (non-hydrogen) atoms. The number of methoxy groups -OCH3 is 1. The van der Waals surface area contributed by atoms with Crippen LogP contribution in [0.25, 0.3) is 16.8 Å². The molecule has 0 atom stereocenters. The van der Waals surface area contributed by atoms with Gasteiger partial charge in [0.2, 0.25) is 0 Å². The molecule has 1 saturated heterocycles. The molecule has 4 aromatic rings. The Hall–Kier alpha value is -5.24. The highest BCUT2D eigenvalue weighted by Gasteiger charge is 2.37. The Balaban J connectivity index is 1.47. The summed E-state index contributed by atoms with van der Waals surface area (Å²) in [6.07, 6.45) is 3.52. The summed E-state index contributed by atoms with van der Waals surface area (Å²) < 4.78 is 25.2. The number of ether oxygens (including phenoxy) is 2. The summed E-state index contributed by atoms with van der Waals surface area (Å²) >= 11 is 0. The lowest BCUT2D eigenvalue weighted by Gasteiger charge is -2.26. The number of carbonyl (C=O) groups excluding carboxylic acids is 3. The minimum absolute atomic E-state index is 0.129. The van der Waals surface area contributed by atoms with E-state index < -0.39 is 23.7 Å². The lowest BCUT2D eigenvalue weighted by atomic mass is 10.0. The van der Waals surface area contributed by atoms with Crippen molar-refractivity contribution in [1.82, 2.24) is 5.32 Å². The van der Waals surface area contributed by atoms with Crippen LogP contribution in [0.5, 0.6) is 11.5 Å². The van der Waals surface area contributed by atoms with E-state index in [2.05, 4.69) is 18.0 Å². The maximum atomic E-state index is 13.4. The van der Waals surface area contributed by atoms with Crippen LogP contribution in [0.3, 0.4) is 0 Å². The average Bonchev–Trinajstić information content (AvgIpc) is 2.95. The van der Waals surface area contributed by atoms with Gasteiger partial charge in [0.25, 0.3) is 11.8 Å². The first-order chi connectivity index (χ1) is 19.4. The number of allylic oxidation sites excluding steroid dienone is 1. The number of halogens is 1. The summed E-state index contributed by atoms with van der Waals surface area (Å²) in [5.74, 6) is -1.27. The molecule has 1 N–H and O–H groups in total. The number of imide groups is 2. The van der Waals surface area contributed by atoms with E-state index in [1.807, 2.05) is 36.4 Å². The highest BCUT2D eigenvalue weighted by Crippen LogP contribution is 2.35. The molecule has 7 nitrogen and oxygen atoms in total. The van der Waals surface area contributed by atoms with Gasteiger partial charge in [-0.15, -0.1) is 6.58 Å². The number of hydrogen-bond donors (Lipinski definition) is 1. The predicted octanol–water partition coefficient (Wildman–Crippen LogP) is 5.96.